The standard InChI is InChI=1S/C20H26N4O/c1-16-11-12-20(23-22-16)24-14-6-9-18(15-24)21-13-5-8-17-7-3-4-10-19(17)25-2/h3-5,7-8,10-12,18,21H,6,9,13-15H2,1-2H3. The number of para-hydroxylation sites is 1. The van der Waals surface area contributed by atoms with Gasteiger partial charge in [0.2, 0.25) is 0 Å². The molecule has 2 aromatic rings. The average molecular weight is 338 g/mol. The normalized spacial score (nSPS) is 17.8. The Balaban J connectivity index is 1.51. The Labute approximate surface area is 149 Å². The lowest BCUT2D eigenvalue weighted by atomic mass is 10.1. The van der Waals surface area contributed by atoms with Crippen LogP contribution in [0.25, 0.3) is 6.08 Å². The second kappa shape index (κ2) is 8.62. The van der Waals surface area contributed by atoms with Crippen LogP contribution in [0.15, 0.2) is 42.5 Å². The Kier molecular flexibility index (Phi) is 6.01. The molecule has 0 spiro atoms. The molecule has 1 aromatic heterocycles. The zero-order chi connectivity index (χ0) is 17.5. The van der Waals surface area contributed by atoms with Gasteiger partial charge in [-0.2, -0.15) is 5.10 Å². The number of ether oxygens (including phenoxy) is 1. The van der Waals surface area contributed by atoms with Gasteiger partial charge in [0.15, 0.2) is 5.82 Å². The molecule has 1 N–H and O–H groups in total. The van der Waals surface area contributed by atoms with Gasteiger partial charge in [0.1, 0.15) is 5.75 Å². The van der Waals surface area contributed by atoms with E-state index in [2.05, 4.69) is 44.7 Å². The molecule has 5 nitrogen and oxygen atoms in total. The smallest absolute Gasteiger partial charge is 0.151 e. The maximum absolute atomic E-state index is 5.37. The van der Waals surface area contributed by atoms with Crippen LogP contribution in [0, 0.1) is 6.92 Å². The van der Waals surface area contributed by atoms with E-state index < -0.39 is 0 Å². The van der Waals surface area contributed by atoms with Gasteiger partial charge in [0.25, 0.3) is 0 Å². The Morgan fingerprint density at radius 3 is 2.92 bits per heavy atom. The van der Waals surface area contributed by atoms with E-state index in [0.29, 0.717) is 6.04 Å². The number of hydrogen-bond donors (Lipinski definition) is 1. The van der Waals surface area contributed by atoms with Crippen molar-refractivity contribution >= 4 is 11.9 Å². The molecule has 1 aliphatic rings. The monoisotopic (exact) mass is 338 g/mol. The molecule has 25 heavy (non-hydrogen) atoms. The number of benzene rings is 1. The van der Waals surface area contributed by atoms with Crippen molar-refractivity contribution < 1.29 is 4.74 Å². The van der Waals surface area contributed by atoms with Gasteiger partial charge < -0.3 is 15.0 Å². The lowest BCUT2D eigenvalue weighted by Gasteiger charge is -2.33. The van der Waals surface area contributed by atoms with Crippen molar-refractivity contribution in [3.63, 3.8) is 0 Å². The number of aryl methyl sites for hydroxylation is 1. The van der Waals surface area contributed by atoms with Crippen LogP contribution in [-0.2, 0) is 0 Å². The van der Waals surface area contributed by atoms with E-state index in [1.807, 2.05) is 31.2 Å². The second-order valence-electron chi connectivity index (χ2n) is 6.37. The van der Waals surface area contributed by atoms with Gasteiger partial charge >= 0.3 is 0 Å². The second-order valence-corrected chi connectivity index (χ2v) is 6.37. The largest absolute Gasteiger partial charge is 0.496 e. The predicted molar refractivity (Wildman–Crippen MR) is 102 cm³/mol. The molecule has 1 unspecified atom stereocenters. The highest BCUT2D eigenvalue weighted by Crippen LogP contribution is 2.19. The first-order valence-corrected chi connectivity index (χ1v) is 8.84. The summed E-state index contributed by atoms with van der Waals surface area (Å²) in [5.74, 6) is 1.88. The van der Waals surface area contributed by atoms with Crippen molar-refractivity contribution in [1.29, 1.82) is 0 Å². The van der Waals surface area contributed by atoms with Crippen LogP contribution < -0.4 is 15.0 Å². The average Bonchev–Trinajstić information content (AvgIpc) is 2.66. The van der Waals surface area contributed by atoms with Crippen molar-refractivity contribution in [3.8, 4) is 5.75 Å². The summed E-state index contributed by atoms with van der Waals surface area (Å²) in [6, 6.07) is 12.6. The van der Waals surface area contributed by atoms with Crippen molar-refractivity contribution in [2.75, 3.05) is 31.6 Å². The van der Waals surface area contributed by atoms with Crippen LogP contribution in [-0.4, -0.2) is 43.0 Å². The molecule has 1 fully saturated rings. The molecule has 1 aromatic carbocycles. The summed E-state index contributed by atoms with van der Waals surface area (Å²) in [5, 5.41) is 12.1. The quantitative estimate of drug-likeness (QED) is 0.877. The minimum atomic E-state index is 0.471. The summed E-state index contributed by atoms with van der Waals surface area (Å²) in [5.41, 5.74) is 2.06. The van der Waals surface area contributed by atoms with Crippen LogP contribution in [0.2, 0.25) is 0 Å². The van der Waals surface area contributed by atoms with E-state index in [0.717, 1.165) is 42.5 Å². The number of aromatic nitrogens is 2. The molecule has 132 valence electrons. The lowest BCUT2D eigenvalue weighted by molar-refractivity contribution is 0.414. The predicted octanol–water partition coefficient (Wildman–Crippen LogP) is 3.07. The number of anilines is 1. The Bertz CT molecular complexity index is 699. The number of hydrogen-bond acceptors (Lipinski definition) is 5. The Hall–Kier alpha value is -2.40. The maximum atomic E-state index is 5.37. The van der Waals surface area contributed by atoms with Crippen molar-refractivity contribution in [3.05, 3.63) is 53.7 Å². The third kappa shape index (κ3) is 4.79. The fraction of sp³-hybridized carbons (Fsp3) is 0.400. The Morgan fingerprint density at radius 1 is 1.24 bits per heavy atom. The summed E-state index contributed by atoms with van der Waals surface area (Å²) in [6.45, 7) is 4.83. The first-order valence-electron chi connectivity index (χ1n) is 8.84. The van der Waals surface area contributed by atoms with Gasteiger partial charge in [-0.3, -0.25) is 0 Å². The highest BCUT2D eigenvalue weighted by atomic mass is 16.5. The van der Waals surface area contributed by atoms with E-state index in [9.17, 15) is 0 Å². The molecule has 3 rings (SSSR count). The lowest BCUT2D eigenvalue weighted by Crippen LogP contribution is -2.46. The topological polar surface area (TPSA) is 50.3 Å². The van der Waals surface area contributed by atoms with Crippen molar-refractivity contribution in [2.24, 2.45) is 0 Å². The number of methoxy groups -OCH3 is 1. The summed E-state index contributed by atoms with van der Waals surface area (Å²) in [6.07, 6.45) is 6.63. The highest BCUT2D eigenvalue weighted by molar-refractivity contribution is 5.57. The van der Waals surface area contributed by atoms with Crippen LogP contribution in [0.4, 0.5) is 5.82 Å². The number of nitrogens with one attached hydrogen (secondary N) is 1. The molecule has 0 amide bonds. The summed E-state index contributed by atoms with van der Waals surface area (Å²) in [7, 11) is 1.70. The van der Waals surface area contributed by atoms with Crippen molar-refractivity contribution in [1.82, 2.24) is 15.5 Å². The van der Waals surface area contributed by atoms with E-state index in [1.54, 1.807) is 7.11 Å². The molecule has 1 aliphatic heterocycles. The summed E-state index contributed by atoms with van der Waals surface area (Å²) >= 11 is 0. The van der Waals surface area contributed by atoms with Crippen LogP contribution in [0.1, 0.15) is 24.1 Å². The fourth-order valence-electron chi connectivity index (χ4n) is 3.14. The molecule has 0 radical (unpaired) electrons. The van der Waals surface area contributed by atoms with Gasteiger partial charge in [-0.1, -0.05) is 30.4 Å². The van der Waals surface area contributed by atoms with E-state index in [1.165, 1.54) is 12.8 Å². The molecule has 2 heterocycles. The zero-order valence-electron chi connectivity index (χ0n) is 15.0. The first kappa shape index (κ1) is 17.4. The molecule has 1 atom stereocenters. The van der Waals surface area contributed by atoms with E-state index >= 15 is 0 Å². The molecule has 1 saturated heterocycles. The molecular weight excluding hydrogens is 312 g/mol. The summed E-state index contributed by atoms with van der Waals surface area (Å²) in [4.78, 5) is 2.32. The molecule has 0 aliphatic carbocycles. The Morgan fingerprint density at radius 2 is 2.12 bits per heavy atom. The van der Waals surface area contributed by atoms with Crippen LogP contribution in [0.3, 0.4) is 0 Å². The third-order valence-electron chi connectivity index (χ3n) is 4.49. The molecule has 0 bridgehead atoms. The van der Waals surface area contributed by atoms with Crippen LogP contribution in [0.5, 0.6) is 5.75 Å². The summed E-state index contributed by atoms with van der Waals surface area (Å²) < 4.78 is 5.37. The van der Waals surface area contributed by atoms with E-state index in [-0.39, 0.29) is 0 Å². The third-order valence-corrected chi connectivity index (χ3v) is 4.49. The zero-order valence-corrected chi connectivity index (χ0v) is 15.0. The van der Waals surface area contributed by atoms with Gasteiger partial charge in [0, 0.05) is 31.2 Å². The minimum Gasteiger partial charge on any atom is -0.496 e. The van der Waals surface area contributed by atoms with Gasteiger partial charge in [-0.05, 0) is 38.0 Å². The van der Waals surface area contributed by atoms with Gasteiger partial charge in [-0.25, -0.2) is 0 Å². The molecule has 0 saturated carbocycles. The van der Waals surface area contributed by atoms with Crippen molar-refractivity contribution in [2.45, 2.75) is 25.8 Å². The SMILES string of the molecule is COc1ccccc1C=CCNC1CCCN(c2ccc(C)nn2)C1. The minimum absolute atomic E-state index is 0.471. The molecule has 5 heteroatoms. The van der Waals surface area contributed by atoms with E-state index in [4.69, 9.17) is 4.74 Å². The highest BCUT2D eigenvalue weighted by Gasteiger charge is 2.20. The maximum Gasteiger partial charge on any atom is 0.151 e. The number of rotatable bonds is 6. The fourth-order valence-corrected chi connectivity index (χ4v) is 3.14. The van der Waals surface area contributed by atoms with Gasteiger partial charge in [-0.15, -0.1) is 5.10 Å². The first-order chi connectivity index (χ1) is 12.3. The van der Waals surface area contributed by atoms with Gasteiger partial charge in [0.05, 0.1) is 12.8 Å². The molecular formula is C20H26N4O. The number of piperidine rings is 1. The van der Waals surface area contributed by atoms with Crippen LogP contribution >= 0.6 is 0 Å². The number of nitrogens with zero attached hydrogens (tertiary/aromatic N) is 3.